The van der Waals surface area contributed by atoms with E-state index in [1.807, 2.05) is 0 Å². The lowest BCUT2D eigenvalue weighted by atomic mass is 9.55. The molecule has 3 heteroatoms. The fourth-order valence-corrected chi connectivity index (χ4v) is 5.67. The third kappa shape index (κ3) is 1.88. The third-order valence-electron chi connectivity index (χ3n) is 6.91. The number of hydrogen-bond donors (Lipinski definition) is 2. The molecule has 1 aromatic rings. The molecule has 2 saturated carbocycles. The van der Waals surface area contributed by atoms with Crippen LogP contribution in [0.1, 0.15) is 49.7 Å². The van der Waals surface area contributed by atoms with Gasteiger partial charge in [0, 0.05) is 0 Å². The number of ether oxygens (including phenoxy) is 1. The minimum atomic E-state index is -0.546. The van der Waals surface area contributed by atoms with E-state index < -0.39 is 12.2 Å². The fraction of sp³-hybridized carbons (Fsp3) is 0.684. The molecule has 0 heterocycles. The molecule has 3 nitrogen and oxygen atoms in total. The molecule has 4 rings (SSSR count). The van der Waals surface area contributed by atoms with Crippen LogP contribution in [0.25, 0.3) is 0 Å². The topological polar surface area (TPSA) is 49.7 Å². The molecular formula is C19H26O3. The highest BCUT2D eigenvalue weighted by molar-refractivity contribution is 5.40. The molecule has 2 fully saturated rings. The summed E-state index contributed by atoms with van der Waals surface area (Å²) in [5, 5.41) is 20.6. The molecule has 6 atom stereocenters. The van der Waals surface area contributed by atoms with Crippen molar-refractivity contribution in [2.45, 2.75) is 57.2 Å². The maximum Gasteiger partial charge on any atom is 0.119 e. The van der Waals surface area contributed by atoms with Crippen molar-refractivity contribution >= 4 is 0 Å². The van der Waals surface area contributed by atoms with Crippen molar-refractivity contribution in [2.24, 2.45) is 17.3 Å². The molecule has 3 aliphatic rings. The van der Waals surface area contributed by atoms with E-state index in [9.17, 15) is 10.2 Å². The molecule has 2 N–H and O–H groups in total. The number of fused-ring (bicyclic) bond motifs is 5. The lowest BCUT2D eigenvalue weighted by molar-refractivity contribution is -0.0505. The standard InChI is InChI=1S/C19H26O3/c1-19-8-7-14-13-6-4-12(22-2)9-11(13)3-5-15(14)16(19)10-17(20)18(19)21/h4,6,9,14-18,20-21H,3,5,7-8,10H2,1-2H3/t14-,15-,16-,17+,18-,19+/m1/s1. The molecule has 1 aromatic carbocycles. The highest BCUT2D eigenvalue weighted by atomic mass is 16.5. The predicted molar refractivity (Wildman–Crippen MR) is 85.0 cm³/mol. The molecule has 120 valence electrons. The summed E-state index contributed by atoms with van der Waals surface area (Å²) in [7, 11) is 1.72. The molecule has 0 radical (unpaired) electrons. The lowest BCUT2D eigenvalue weighted by Crippen LogP contribution is -2.44. The highest BCUT2D eigenvalue weighted by Crippen LogP contribution is 2.60. The summed E-state index contributed by atoms with van der Waals surface area (Å²) < 4.78 is 5.36. The van der Waals surface area contributed by atoms with Crippen LogP contribution < -0.4 is 4.74 Å². The number of benzene rings is 1. The Morgan fingerprint density at radius 2 is 2.05 bits per heavy atom. The maximum atomic E-state index is 10.4. The van der Waals surface area contributed by atoms with Crippen molar-refractivity contribution in [1.29, 1.82) is 0 Å². The molecule has 0 aliphatic heterocycles. The maximum absolute atomic E-state index is 10.4. The smallest absolute Gasteiger partial charge is 0.119 e. The second-order valence-corrected chi connectivity index (χ2v) is 7.77. The monoisotopic (exact) mass is 302 g/mol. The Morgan fingerprint density at radius 3 is 2.82 bits per heavy atom. The van der Waals surface area contributed by atoms with E-state index in [0.717, 1.165) is 31.4 Å². The number of rotatable bonds is 1. The normalized spacial score (nSPS) is 43.2. The van der Waals surface area contributed by atoms with Crippen molar-refractivity contribution in [3.63, 3.8) is 0 Å². The van der Waals surface area contributed by atoms with Crippen LogP contribution in [-0.2, 0) is 6.42 Å². The van der Waals surface area contributed by atoms with Crippen molar-refractivity contribution < 1.29 is 14.9 Å². The fourth-order valence-electron chi connectivity index (χ4n) is 5.67. The van der Waals surface area contributed by atoms with E-state index in [0.29, 0.717) is 17.8 Å². The quantitative estimate of drug-likeness (QED) is 0.838. The molecular weight excluding hydrogens is 276 g/mol. The van der Waals surface area contributed by atoms with Crippen molar-refractivity contribution in [1.82, 2.24) is 0 Å². The Balaban J connectivity index is 1.69. The molecule has 0 aromatic heterocycles. The Hall–Kier alpha value is -1.06. The summed E-state index contributed by atoms with van der Waals surface area (Å²) in [5.74, 6) is 2.59. The molecule has 0 amide bonds. The van der Waals surface area contributed by atoms with E-state index in [1.54, 1.807) is 7.11 Å². The van der Waals surface area contributed by atoms with Crippen LogP contribution in [0.15, 0.2) is 18.2 Å². The number of hydrogen-bond acceptors (Lipinski definition) is 3. The zero-order valence-corrected chi connectivity index (χ0v) is 13.5. The largest absolute Gasteiger partial charge is 0.497 e. The predicted octanol–water partition coefficient (Wildman–Crippen LogP) is 2.88. The van der Waals surface area contributed by atoms with E-state index in [-0.39, 0.29) is 5.41 Å². The van der Waals surface area contributed by atoms with Gasteiger partial charge in [0.15, 0.2) is 0 Å². The first-order valence-electron chi connectivity index (χ1n) is 8.57. The van der Waals surface area contributed by atoms with Gasteiger partial charge in [0.2, 0.25) is 0 Å². The van der Waals surface area contributed by atoms with Gasteiger partial charge in [0.25, 0.3) is 0 Å². The third-order valence-corrected chi connectivity index (χ3v) is 6.91. The summed E-state index contributed by atoms with van der Waals surface area (Å²) >= 11 is 0. The van der Waals surface area contributed by atoms with Crippen LogP contribution in [0, 0.1) is 17.3 Å². The molecule has 3 aliphatic carbocycles. The van der Waals surface area contributed by atoms with Crippen LogP contribution in [0.5, 0.6) is 5.75 Å². The van der Waals surface area contributed by atoms with Crippen molar-refractivity contribution in [3.8, 4) is 5.75 Å². The Morgan fingerprint density at radius 1 is 1.23 bits per heavy atom. The number of methoxy groups -OCH3 is 1. The van der Waals surface area contributed by atoms with E-state index in [4.69, 9.17) is 4.74 Å². The number of aliphatic hydroxyl groups is 2. The van der Waals surface area contributed by atoms with Gasteiger partial charge in [-0.1, -0.05) is 13.0 Å². The Kier molecular flexibility index (Phi) is 3.28. The summed E-state index contributed by atoms with van der Waals surface area (Å²) in [6.45, 7) is 2.19. The van der Waals surface area contributed by atoms with Crippen LogP contribution in [-0.4, -0.2) is 29.5 Å². The SMILES string of the molecule is COc1ccc2c(c1)CC[C@@H]1[C@@H]2CC[C@]2(C)[C@H](O)[C@@H](O)C[C@H]12. The second kappa shape index (κ2) is 4.97. The molecule has 22 heavy (non-hydrogen) atoms. The van der Waals surface area contributed by atoms with Gasteiger partial charge in [0.05, 0.1) is 19.3 Å². The molecule has 0 unspecified atom stereocenters. The first-order chi connectivity index (χ1) is 10.5. The zero-order chi connectivity index (χ0) is 15.5. The van der Waals surface area contributed by atoms with Gasteiger partial charge in [-0.05, 0) is 78.5 Å². The van der Waals surface area contributed by atoms with Crippen LogP contribution in [0.3, 0.4) is 0 Å². The number of aliphatic hydroxyl groups excluding tert-OH is 2. The van der Waals surface area contributed by atoms with Gasteiger partial charge in [0.1, 0.15) is 5.75 Å². The lowest BCUT2D eigenvalue weighted by Gasteiger charge is -2.49. The zero-order valence-electron chi connectivity index (χ0n) is 13.5. The van der Waals surface area contributed by atoms with Gasteiger partial charge in [-0.15, -0.1) is 0 Å². The Labute approximate surface area is 132 Å². The average Bonchev–Trinajstić information content (AvgIpc) is 2.77. The van der Waals surface area contributed by atoms with Crippen molar-refractivity contribution in [2.75, 3.05) is 7.11 Å². The Bertz CT molecular complexity index is 584. The van der Waals surface area contributed by atoms with Gasteiger partial charge in [-0.2, -0.15) is 0 Å². The van der Waals surface area contributed by atoms with Gasteiger partial charge >= 0.3 is 0 Å². The van der Waals surface area contributed by atoms with E-state index in [2.05, 4.69) is 25.1 Å². The first-order valence-corrected chi connectivity index (χ1v) is 8.57. The number of aryl methyl sites for hydroxylation is 1. The van der Waals surface area contributed by atoms with Gasteiger partial charge in [-0.3, -0.25) is 0 Å². The molecule has 0 spiro atoms. The molecule has 0 bridgehead atoms. The molecule has 0 saturated heterocycles. The summed E-state index contributed by atoms with van der Waals surface area (Å²) in [6, 6.07) is 6.51. The second-order valence-electron chi connectivity index (χ2n) is 7.77. The van der Waals surface area contributed by atoms with Gasteiger partial charge < -0.3 is 14.9 Å². The van der Waals surface area contributed by atoms with E-state index in [1.165, 1.54) is 17.5 Å². The van der Waals surface area contributed by atoms with Crippen LogP contribution >= 0.6 is 0 Å². The summed E-state index contributed by atoms with van der Waals surface area (Å²) in [4.78, 5) is 0. The van der Waals surface area contributed by atoms with Crippen LogP contribution in [0.2, 0.25) is 0 Å². The average molecular weight is 302 g/mol. The van der Waals surface area contributed by atoms with Crippen molar-refractivity contribution in [3.05, 3.63) is 29.3 Å². The minimum absolute atomic E-state index is 0.0927. The summed E-state index contributed by atoms with van der Waals surface area (Å²) in [6.07, 6.45) is 4.09. The van der Waals surface area contributed by atoms with Gasteiger partial charge in [-0.25, -0.2) is 0 Å². The minimum Gasteiger partial charge on any atom is -0.497 e. The first kappa shape index (κ1) is 14.5. The van der Waals surface area contributed by atoms with Crippen LogP contribution in [0.4, 0.5) is 0 Å². The van der Waals surface area contributed by atoms with E-state index >= 15 is 0 Å². The summed E-state index contributed by atoms with van der Waals surface area (Å²) in [5.41, 5.74) is 2.82. The highest BCUT2D eigenvalue weighted by Gasteiger charge is 2.57.